The molecule has 112 valence electrons. The van der Waals surface area contributed by atoms with Crippen LogP contribution in [0.5, 0.6) is 0 Å². The van der Waals surface area contributed by atoms with Gasteiger partial charge in [-0.1, -0.05) is 49.4 Å². The average Bonchev–Trinajstić information content (AvgIpc) is 3.14. The van der Waals surface area contributed by atoms with E-state index < -0.39 is 0 Å². The number of nitrogens with one attached hydrogen (secondary N) is 1. The lowest BCUT2D eigenvalue weighted by atomic mass is 10.1. The van der Waals surface area contributed by atoms with Gasteiger partial charge in [-0.3, -0.25) is 0 Å². The van der Waals surface area contributed by atoms with Crippen molar-refractivity contribution < 1.29 is 0 Å². The summed E-state index contributed by atoms with van der Waals surface area (Å²) in [6.45, 7) is 5.45. The third-order valence-corrected chi connectivity index (χ3v) is 5.40. The van der Waals surface area contributed by atoms with E-state index in [4.69, 9.17) is 0 Å². The molecule has 1 aliphatic carbocycles. The lowest BCUT2D eigenvalue weighted by molar-refractivity contribution is 0.512. The van der Waals surface area contributed by atoms with Gasteiger partial charge in [0.2, 0.25) is 0 Å². The predicted octanol–water partition coefficient (Wildman–Crippen LogP) is 3.87. The van der Waals surface area contributed by atoms with Crippen molar-refractivity contribution in [2.24, 2.45) is 0 Å². The molecule has 0 radical (unpaired) electrons. The van der Waals surface area contributed by atoms with Crippen molar-refractivity contribution in [3.8, 4) is 0 Å². The number of fused-ring (bicyclic) bond motifs is 1. The van der Waals surface area contributed by atoms with Gasteiger partial charge in [-0.25, -0.2) is 0 Å². The van der Waals surface area contributed by atoms with Gasteiger partial charge in [0.25, 0.3) is 0 Å². The third-order valence-electron chi connectivity index (χ3n) is 4.20. The molecule has 0 spiro atoms. The molecule has 1 aromatic carbocycles. The fourth-order valence-corrected chi connectivity index (χ4v) is 4.11. The zero-order chi connectivity index (χ0) is 14.7. The van der Waals surface area contributed by atoms with Crippen molar-refractivity contribution >= 4 is 11.3 Å². The van der Waals surface area contributed by atoms with Crippen LogP contribution in [-0.4, -0.2) is 16.7 Å². The van der Waals surface area contributed by atoms with Crippen LogP contribution in [0.2, 0.25) is 0 Å². The number of aromatic nitrogens is 2. The molecule has 21 heavy (non-hydrogen) atoms. The molecule has 1 atom stereocenters. The molecule has 1 aliphatic rings. The second-order valence-electron chi connectivity index (χ2n) is 5.77. The first kappa shape index (κ1) is 14.7. The molecular formula is C17H23N3S. The summed E-state index contributed by atoms with van der Waals surface area (Å²) in [5.74, 6) is 0.525. The predicted molar refractivity (Wildman–Crippen MR) is 87.8 cm³/mol. The Morgan fingerprint density at radius 1 is 1.19 bits per heavy atom. The molecule has 0 amide bonds. The quantitative estimate of drug-likeness (QED) is 0.880. The normalized spacial score (nSPS) is 16.1. The van der Waals surface area contributed by atoms with Crippen molar-refractivity contribution in [3.05, 3.63) is 45.4 Å². The Bertz CT molecular complexity index is 568. The zero-order valence-corrected chi connectivity index (χ0v) is 13.6. The molecule has 1 aromatic heterocycles. The van der Waals surface area contributed by atoms with Crippen LogP contribution in [-0.2, 0) is 12.8 Å². The van der Waals surface area contributed by atoms with E-state index in [-0.39, 0.29) is 0 Å². The summed E-state index contributed by atoms with van der Waals surface area (Å²) in [5.41, 5.74) is 2.96. The van der Waals surface area contributed by atoms with E-state index in [2.05, 4.69) is 53.6 Å². The molecule has 4 heteroatoms. The zero-order valence-electron chi connectivity index (χ0n) is 12.8. The summed E-state index contributed by atoms with van der Waals surface area (Å²) in [6, 6.07) is 9.12. The van der Waals surface area contributed by atoms with E-state index >= 15 is 0 Å². The van der Waals surface area contributed by atoms with Gasteiger partial charge >= 0.3 is 0 Å². The van der Waals surface area contributed by atoms with Gasteiger partial charge in [-0.2, -0.15) is 0 Å². The third kappa shape index (κ3) is 3.16. The van der Waals surface area contributed by atoms with E-state index in [1.54, 1.807) is 11.3 Å². The molecule has 2 aromatic rings. The highest BCUT2D eigenvalue weighted by atomic mass is 32.1. The minimum atomic E-state index is 0.361. The van der Waals surface area contributed by atoms with Gasteiger partial charge in [0.05, 0.1) is 6.04 Å². The van der Waals surface area contributed by atoms with Crippen LogP contribution in [0.1, 0.15) is 59.8 Å². The van der Waals surface area contributed by atoms with Gasteiger partial charge in [-0.15, -0.1) is 10.2 Å². The minimum absolute atomic E-state index is 0.361. The van der Waals surface area contributed by atoms with E-state index in [0.717, 1.165) is 37.2 Å². The first-order chi connectivity index (χ1) is 10.3. The van der Waals surface area contributed by atoms with Crippen LogP contribution in [0, 0.1) is 0 Å². The number of benzene rings is 1. The van der Waals surface area contributed by atoms with Gasteiger partial charge in [0.15, 0.2) is 0 Å². The SMILES string of the molecule is CCCNC(CC)c1nnc(C2Cc3ccccc3C2)s1. The molecule has 1 N–H and O–H groups in total. The summed E-state index contributed by atoms with van der Waals surface area (Å²) < 4.78 is 0. The lowest BCUT2D eigenvalue weighted by Crippen LogP contribution is -2.21. The summed E-state index contributed by atoms with van der Waals surface area (Å²) in [7, 11) is 0. The second-order valence-corrected chi connectivity index (χ2v) is 6.81. The van der Waals surface area contributed by atoms with E-state index in [9.17, 15) is 0 Å². The average molecular weight is 301 g/mol. The first-order valence-corrected chi connectivity index (χ1v) is 8.76. The Hall–Kier alpha value is -1.26. The lowest BCUT2D eigenvalue weighted by Gasteiger charge is -2.12. The van der Waals surface area contributed by atoms with Gasteiger partial charge < -0.3 is 5.32 Å². The monoisotopic (exact) mass is 301 g/mol. The Labute approximate surface area is 130 Å². The summed E-state index contributed by atoms with van der Waals surface area (Å²) in [6.07, 6.45) is 4.45. The second kappa shape index (κ2) is 6.67. The highest BCUT2D eigenvalue weighted by molar-refractivity contribution is 7.11. The summed E-state index contributed by atoms with van der Waals surface area (Å²) in [5, 5.41) is 14.9. The van der Waals surface area contributed by atoms with Gasteiger partial charge in [0.1, 0.15) is 10.0 Å². The highest BCUT2D eigenvalue weighted by Gasteiger charge is 2.26. The first-order valence-electron chi connectivity index (χ1n) is 7.95. The molecule has 1 heterocycles. The van der Waals surface area contributed by atoms with Crippen molar-refractivity contribution in [1.82, 2.24) is 15.5 Å². The van der Waals surface area contributed by atoms with Crippen molar-refractivity contribution in [3.63, 3.8) is 0 Å². The molecule has 0 saturated carbocycles. The largest absolute Gasteiger partial charge is 0.308 e. The van der Waals surface area contributed by atoms with Crippen LogP contribution < -0.4 is 5.32 Å². The molecule has 1 unspecified atom stereocenters. The van der Waals surface area contributed by atoms with Crippen molar-refractivity contribution in [1.29, 1.82) is 0 Å². The maximum absolute atomic E-state index is 4.49. The molecule has 0 aliphatic heterocycles. The van der Waals surface area contributed by atoms with E-state index in [1.165, 1.54) is 16.1 Å². The van der Waals surface area contributed by atoms with Crippen LogP contribution in [0.15, 0.2) is 24.3 Å². The number of hydrogen-bond donors (Lipinski definition) is 1. The van der Waals surface area contributed by atoms with E-state index in [0.29, 0.717) is 12.0 Å². The Morgan fingerprint density at radius 2 is 1.90 bits per heavy atom. The Balaban J connectivity index is 1.71. The van der Waals surface area contributed by atoms with Crippen LogP contribution in [0.3, 0.4) is 0 Å². The molecule has 0 fully saturated rings. The molecule has 3 rings (SSSR count). The molecule has 0 bridgehead atoms. The Kier molecular flexibility index (Phi) is 4.66. The standard InChI is InChI=1S/C17H23N3S/c1-3-9-18-15(4-2)17-20-19-16(21-17)14-10-12-7-5-6-8-13(12)11-14/h5-8,14-15,18H,3-4,9-11H2,1-2H3. The van der Waals surface area contributed by atoms with Crippen LogP contribution in [0.4, 0.5) is 0 Å². The molecule has 0 saturated heterocycles. The number of rotatable bonds is 6. The molecular weight excluding hydrogens is 278 g/mol. The molecule has 3 nitrogen and oxygen atoms in total. The fraction of sp³-hybridized carbons (Fsp3) is 0.529. The smallest absolute Gasteiger partial charge is 0.134 e. The maximum Gasteiger partial charge on any atom is 0.134 e. The van der Waals surface area contributed by atoms with Gasteiger partial charge in [-0.05, 0) is 43.4 Å². The fourth-order valence-electron chi connectivity index (χ4n) is 3.01. The van der Waals surface area contributed by atoms with Crippen molar-refractivity contribution in [2.75, 3.05) is 6.54 Å². The van der Waals surface area contributed by atoms with Crippen molar-refractivity contribution in [2.45, 2.75) is 51.5 Å². The van der Waals surface area contributed by atoms with Crippen LogP contribution >= 0.6 is 11.3 Å². The topological polar surface area (TPSA) is 37.8 Å². The summed E-state index contributed by atoms with van der Waals surface area (Å²) in [4.78, 5) is 0. The highest BCUT2D eigenvalue weighted by Crippen LogP contribution is 2.36. The number of hydrogen-bond acceptors (Lipinski definition) is 4. The van der Waals surface area contributed by atoms with E-state index in [1.807, 2.05) is 0 Å². The maximum atomic E-state index is 4.49. The minimum Gasteiger partial charge on any atom is -0.308 e. The van der Waals surface area contributed by atoms with Gasteiger partial charge in [0, 0.05) is 5.92 Å². The number of nitrogens with zero attached hydrogens (tertiary/aromatic N) is 2. The summed E-state index contributed by atoms with van der Waals surface area (Å²) >= 11 is 1.80. The Morgan fingerprint density at radius 3 is 2.52 bits per heavy atom. The van der Waals surface area contributed by atoms with Crippen LogP contribution in [0.25, 0.3) is 0 Å².